The molecule has 0 bridgehead atoms. The van der Waals surface area contributed by atoms with Crippen LogP contribution in [0.2, 0.25) is 5.02 Å². The summed E-state index contributed by atoms with van der Waals surface area (Å²) in [6.45, 7) is 5.69. The number of carbonyl (C=O) groups excluding carboxylic acids is 3. The zero-order valence-electron chi connectivity index (χ0n) is 22.4. The Kier molecular flexibility index (Phi) is 9.81. The average Bonchev–Trinajstić information content (AvgIpc) is 3.28. The summed E-state index contributed by atoms with van der Waals surface area (Å²) in [7, 11) is 0. The molecule has 1 atom stereocenters. The Morgan fingerprint density at radius 1 is 1.15 bits per heavy atom. The van der Waals surface area contributed by atoms with Crippen LogP contribution in [-0.2, 0) is 22.3 Å². The Labute approximate surface area is 238 Å². The summed E-state index contributed by atoms with van der Waals surface area (Å²) in [4.78, 5) is 50.0. The number of nitro benzene ring substituents is 1. The molecule has 0 aliphatic carbocycles. The molecule has 1 heterocycles. The lowest BCUT2D eigenvalue weighted by molar-refractivity contribution is -0.384. The van der Waals surface area contributed by atoms with E-state index in [-0.39, 0.29) is 22.4 Å². The Bertz CT molecular complexity index is 1330. The number of nitro groups is 1. The maximum atomic E-state index is 13.3. The van der Waals surface area contributed by atoms with Gasteiger partial charge in [-0.3, -0.25) is 29.9 Å². The number of hydrogen-bond acceptors (Lipinski definition) is 7. The van der Waals surface area contributed by atoms with E-state index < -0.39 is 52.3 Å². The molecule has 3 rings (SSSR count). The number of ether oxygens (including phenoxy) is 1. The number of nitrogens with zero attached hydrogens (tertiary/aromatic N) is 2. The third-order valence-corrected chi connectivity index (χ3v) is 6.21. The summed E-state index contributed by atoms with van der Waals surface area (Å²) >= 11 is 5.85. The van der Waals surface area contributed by atoms with Crippen molar-refractivity contribution < 1.29 is 37.2 Å². The minimum atomic E-state index is -4.75. The third kappa shape index (κ3) is 9.32. The van der Waals surface area contributed by atoms with Gasteiger partial charge in [0.2, 0.25) is 5.91 Å². The van der Waals surface area contributed by atoms with Gasteiger partial charge in [0.05, 0.1) is 28.3 Å². The van der Waals surface area contributed by atoms with Gasteiger partial charge in [-0.1, -0.05) is 17.7 Å². The Balaban J connectivity index is 1.59. The first-order chi connectivity index (χ1) is 19.0. The van der Waals surface area contributed by atoms with Crippen molar-refractivity contribution in [3.63, 3.8) is 0 Å². The van der Waals surface area contributed by atoms with E-state index in [1.165, 1.54) is 12.1 Å². The van der Waals surface area contributed by atoms with Crippen molar-refractivity contribution in [2.24, 2.45) is 0 Å². The van der Waals surface area contributed by atoms with Gasteiger partial charge in [0.15, 0.2) is 0 Å². The highest BCUT2D eigenvalue weighted by molar-refractivity contribution is 6.32. The van der Waals surface area contributed by atoms with E-state index in [1.807, 2.05) is 4.90 Å². The SMILES string of the molecule is CC(C)(C)OC(=O)Nc1ccc(C(F)(F)F)cc1C(=O)NCC(=O)NC1CCN(Cc2ccc(Cl)c([N+](=O)[O-])c2)C1. The lowest BCUT2D eigenvalue weighted by atomic mass is 10.1. The molecule has 1 saturated heterocycles. The molecule has 3 amide bonds. The molecule has 1 aliphatic rings. The number of benzene rings is 2. The van der Waals surface area contributed by atoms with Crippen LogP contribution in [0.4, 0.5) is 29.3 Å². The number of nitrogens with one attached hydrogen (secondary N) is 3. The predicted molar refractivity (Wildman–Crippen MR) is 144 cm³/mol. The van der Waals surface area contributed by atoms with Gasteiger partial charge in [-0.2, -0.15) is 13.2 Å². The van der Waals surface area contributed by atoms with Crippen molar-refractivity contribution in [3.05, 3.63) is 68.2 Å². The molecule has 1 fully saturated rings. The predicted octanol–water partition coefficient (Wildman–Crippen LogP) is 4.73. The zero-order valence-corrected chi connectivity index (χ0v) is 23.2. The number of rotatable bonds is 8. The van der Waals surface area contributed by atoms with Crippen LogP contribution in [0.25, 0.3) is 0 Å². The van der Waals surface area contributed by atoms with Crippen LogP contribution >= 0.6 is 11.6 Å². The molecule has 2 aromatic carbocycles. The summed E-state index contributed by atoms with van der Waals surface area (Å²) in [5.41, 5.74) is -2.24. The summed E-state index contributed by atoms with van der Waals surface area (Å²) in [6.07, 6.45) is -5.14. The second-order valence-electron chi connectivity index (χ2n) is 10.4. The summed E-state index contributed by atoms with van der Waals surface area (Å²) in [5.74, 6) is -1.57. The van der Waals surface area contributed by atoms with Gasteiger partial charge in [0.25, 0.3) is 11.6 Å². The number of anilines is 1. The number of hydrogen-bond donors (Lipinski definition) is 3. The molecular weight excluding hydrogens is 571 g/mol. The lowest BCUT2D eigenvalue weighted by Gasteiger charge is -2.21. The minimum absolute atomic E-state index is 0.0326. The fraction of sp³-hybridized carbons (Fsp3) is 0.423. The van der Waals surface area contributed by atoms with Crippen molar-refractivity contribution in [2.45, 2.75) is 51.6 Å². The van der Waals surface area contributed by atoms with Crippen LogP contribution in [0.3, 0.4) is 0 Å². The maximum absolute atomic E-state index is 13.3. The summed E-state index contributed by atoms with van der Waals surface area (Å²) < 4.78 is 45.0. The molecule has 41 heavy (non-hydrogen) atoms. The van der Waals surface area contributed by atoms with E-state index in [0.29, 0.717) is 43.8 Å². The Hall–Kier alpha value is -3.91. The summed E-state index contributed by atoms with van der Waals surface area (Å²) in [6, 6.07) is 6.47. The first kappa shape index (κ1) is 31.6. The van der Waals surface area contributed by atoms with Gasteiger partial charge in [-0.15, -0.1) is 0 Å². The van der Waals surface area contributed by atoms with Gasteiger partial charge in [0.1, 0.15) is 10.6 Å². The third-order valence-electron chi connectivity index (χ3n) is 5.89. The quantitative estimate of drug-likeness (QED) is 0.294. The van der Waals surface area contributed by atoms with Crippen molar-refractivity contribution in [1.82, 2.24) is 15.5 Å². The van der Waals surface area contributed by atoms with Crippen molar-refractivity contribution in [2.75, 3.05) is 25.0 Å². The smallest absolute Gasteiger partial charge is 0.416 e. The fourth-order valence-corrected chi connectivity index (χ4v) is 4.30. The van der Waals surface area contributed by atoms with E-state index in [9.17, 15) is 37.7 Å². The highest BCUT2D eigenvalue weighted by atomic mass is 35.5. The van der Waals surface area contributed by atoms with Gasteiger partial charge in [0, 0.05) is 31.7 Å². The number of likely N-dealkylation sites (tertiary alicyclic amines) is 1. The monoisotopic (exact) mass is 599 g/mol. The van der Waals surface area contributed by atoms with Gasteiger partial charge < -0.3 is 15.4 Å². The van der Waals surface area contributed by atoms with Gasteiger partial charge >= 0.3 is 12.3 Å². The first-order valence-electron chi connectivity index (χ1n) is 12.5. The molecule has 11 nitrogen and oxygen atoms in total. The van der Waals surface area contributed by atoms with Crippen LogP contribution in [0.15, 0.2) is 36.4 Å². The molecule has 0 radical (unpaired) electrons. The summed E-state index contributed by atoms with van der Waals surface area (Å²) in [5, 5.41) is 18.5. The molecule has 0 spiro atoms. The van der Waals surface area contributed by atoms with Crippen LogP contribution in [0.5, 0.6) is 0 Å². The molecule has 1 aliphatic heterocycles. The number of halogens is 4. The molecular formula is C26H29ClF3N5O6. The number of carbonyl (C=O) groups is 3. The molecule has 0 aromatic heterocycles. The van der Waals surface area contributed by atoms with Crippen LogP contribution in [-0.4, -0.2) is 59.0 Å². The van der Waals surface area contributed by atoms with E-state index in [0.717, 1.165) is 6.07 Å². The van der Waals surface area contributed by atoms with E-state index in [2.05, 4.69) is 16.0 Å². The molecule has 2 aromatic rings. The van der Waals surface area contributed by atoms with E-state index >= 15 is 0 Å². The number of alkyl halides is 3. The molecule has 3 N–H and O–H groups in total. The average molecular weight is 600 g/mol. The van der Waals surface area contributed by atoms with Gasteiger partial charge in [-0.25, -0.2) is 4.79 Å². The van der Waals surface area contributed by atoms with Crippen molar-refractivity contribution in [1.29, 1.82) is 0 Å². The normalized spacial score (nSPS) is 15.7. The minimum Gasteiger partial charge on any atom is -0.444 e. The molecule has 1 unspecified atom stereocenters. The Morgan fingerprint density at radius 2 is 1.85 bits per heavy atom. The molecule has 15 heteroatoms. The highest BCUT2D eigenvalue weighted by Crippen LogP contribution is 2.32. The maximum Gasteiger partial charge on any atom is 0.416 e. The van der Waals surface area contributed by atoms with E-state index in [1.54, 1.807) is 26.8 Å². The second-order valence-corrected chi connectivity index (χ2v) is 10.8. The van der Waals surface area contributed by atoms with E-state index in [4.69, 9.17) is 16.3 Å². The number of amides is 3. The van der Waals surface area contributed by atoms with Crippen LogP contribution in [0, 0.1) is 10.1 Å². The highest BCUT2D eigenvalue weighted by Gasteiger charge is 2.32. The largest absolute Gasteiger partial charge is 0.444 e. The molecule has 0 saturated carbocycles. The first-order valence-corrected chi connectivity index (χ1v) is 12.8. The van der Waals surface area contributed by atoms with Crippen LogP contribution < -0.4 is 16.0 Å². The zero-order chi connectivity index (χ0) is 30.5. The van der Waals surface area contributed by atoms with Crippen molar-refractivity contribution in [3.8, 4) is 0 Å². The Morgan fingerprint density at radius 3 is 2.49 bits per heavy atom. The van der Waals surface area contributed by atoms with Crippen LogP contribution in [0.1, 0.15) is 48.7 Å². The second kappa shape index (κ2) is 12.7. The molecule has 222 valence electrons. The standard InChI is InChI=1S/C26H29ClF3N5O6/c1-25(2,3)41-24(38)33-20-7-5-16(26(28,29)30)11-18(20)23(37)31-12-22(36)32-17-8-9-34(14-17)13-15-4-6-19(27)21(10-15)35(39)40/h4-7,10-11,17H,8-9,12-14H2,1-3H3,(H,31,37)(H,32,36)(H,33,38). The van der Waals surface area contributed by atoms with Crippen molar-refractivity contribution >= 4 is 40.9 Å². The van der Waals surface area contributed by atoms with Gasteiger partial charge in [-0.05, 0) is 57.0 Å². The topological polar surface area (TPSA) is 143 Å². The lowest BCUT2D eigenvalue weighted by Crippen LogP contribution is -2.43. The fourth-order valence-electron chi connectivity index (χ4n) is 4.11.